The second kappa shape index (κ2) is 11.0. The Balaban J connectivity index is 1.55. The molecule has 5 nitrogen and oxygen atoms in total. The molecule has 3 rings (SSSR count). The van der Waals surface area contributed by atoms with Crippen LogP contribution in [0.5, 0.6) is 5.75 Å². The van der Waals surface area contributed by atoms with Crippen molar-refractivity contribution in [1.82, 2.24) is 0 Å². The predicted molar refractivity (Wildman–Crippen MR) is 137 cm³/mol. The molecular weight excluding hydrogens is 412 g/mol. The van der Waals surface area contributed by atoms with Crippen molar-refractivity contribution < 1.29 is 14.3 Å². The summed E-state index contributed by atoms with van der Waals surface area (Å²) in [6.07, 6.45) is 4.86. The molecular formula is C28H34N2O3. The molecule has 0 aromatic heterocycles. The summed E-state index contributed by atoms with van der Waals surface area (Å²) in [5, 5.41) is 2.42. The Morgan fingerprint density at radius 3 is 2.33 bits per heavy atom. The normalized spacial score (nSPS) is 11.7. The zero-order valence-corrected chi connectivity index (χ0v) is 20.3. The lowest BCUT2D eigenvalue weighted by atomic mass is 10.1. The van der Waals surface area contributed by atoms with E-state index in [1.165, 1.54) is 16.3 Å². The predicted octanol–water partition coefficient (Wildman–Crippen LogP) is 6.35. The van der Waals surface area contributed by atoms with E-state index in [0.717, 1.165) is 30.6 Å². The largest absolute Gasteiger partial charge is 0.476 e. The highest BCUT2D eigenvalue weighted by atomic mass is 16.6. The molecule has 0 atom stereocenters. The fourth-order valence-electron chi connectivity index (χ4n) is 3.60. The maximum Gasteiger partial charge on any atom is 0.349 e. The minimum atomic E-state index is -1.01. The summed E-state index contributed by atoms with van der Waals surface area (Å²) in [5.41, 5.74) is 2.32. The van der Waals surface area contributed by atoms with E-state index in [-0.39, 0.29) is 5.97 Å². The molecule has 3 aromatic rings. The second-order valence-corrected chi connectivity index (χ2v) is 8.76. The van der Waals surface area contributed by atoms with Gasteiger partial charge in [-0.15, -0.1) is 0 Å². The molecule has 5 heteroatoms. The first-order valence-corrected chi connectivity index (χ1v) is 11.5. The van der Waals surface area contributed by atoms with Crippen molar-refractivity contribution in [1.29, 1.82) is 0 Å². The summed E-state index contributed by atoms with van der Waals surface area (Å²) in [6.45, 7) is 5.56. The minimum absolute atomic E-state index is 0.338. The highest BCUT2D eigenvalue weighted by molar-refractivity contribution is 5.92. The molecule has 0 bridgehead atoms. The van der Waals surface area contributed by atoms with E-state index in [2.05, 4.69) is 41.3 Å². The van der Waals surface area contributed by atoms with Crippen molar-refractivity contribution in [3.63, 3.8) is 0 Å². The molecule has 0 aliphatic heterocycles. The van der Waals surface area contributed by atoms with Gasteiger partial charge in [-0.2, -0.15) is 0 Å². The fourth-order valence-corrected chi connectivity index (χ4v) is 3.60. The molecule has 0 fully saturated rings. The van der Waals surface area contributed by atoms with Gasteiger partial charge in [0.15, 0.2) is 5.60 Å². The Labute approximate surface area is 197 Å². The van der Waals surface area contributed by atoms with Crippen molar-refractivity contribution >= 4 is 34.3 Å². The van der Waals surface area contributed by atoms with Crippen LogP contribution in [0.1, 0.15) is 39.2 Å². The summed E-state index contributed by atoms with van der Waals surface area (Å²) in [7, 11) is 4.09. The maximum absolute atomic E-state index is 12.0. The quantitative estimate of drug-likeness (QED) is 0.207. The lowest BCUT2D eigenvalue weighted by molar-refractivity contribution is -0.158. The summed E-state index contributed by atoms with van der Waals surface area (Å²) in [4.78, 5) is 18.9. The van der Waals surface area contributed by atoms with Crippen molar-refractivity contribution in [2.24, 2.45) is 4.99 Å². The van der Waals surface area contributed by atoms with Crippen molar-refractivity contribution in [2.75, 3.05) is 25.6 Å². The molecule has 0 unspecified atom stereocenters. The number of esters is 1. The molecule has 0 N–H and O–H groups in total. The maximum atomic E-state index is 12.0. The van der Waals surface area contributed by atoms with Crippen LogP contribution in [-0.2, 0) is 16.0 Å². The van der Waals surface area contributed by atoms with Crippen molar-refractivity contribution in [3.8, 4) is 5.75 Å². The third kappa shape index (κ3) is 6.58. The highest BCUT2D eigenvalue weighted by Gasteiger charge is 2.31. The summed E-state index contributed by atoms with van der Waals surface area (Å²) < 4.78 is 10.9. The monoisotopic (exact) mass is 446 g/mol. The Bertz CT molecular complexity index is 1100. The van der Waals surface area contributed by atoms with Crippen LogP contribution in [0.3, 0.4) is 0 Å². The SMILES string of the molecule is CCOC(=O)C(C)(C)Oc1ccc(CCCC=Nc2cc3ccccc3cc2N(C)C)cc1. The molecule has 3 aromatic carbocycles. The summed E-state index contributed by atoms with van der Waals surface area (Å²) in [6, 6.07) is 20.6. The molecule has 0 saturated carbocycles. The Hall–Kier alpha value is -3.34. The van der Waals surface area contributed by atoms with Gasteiger partial charge in [0.25, 0.3) is 0 Å². The smallest absolute Gasteiger partial charge is 0.349 e. The first-order chi connectivity index (χ1) is 15.8. The third-order valence-corrected chi connectivity index (χ3v) is 5.42. The van der Waals surface area contributed by atoms with E-state index in [0.29, 0.717) is 12.4 Å². The van der Waals surface area contributed by atoms with E-state index < -0.39 is 5.60 Å². The Morgan fingerprint density at radius 1 is 1.03 bits per heavy atom. The first-order valence-electron chi connectivity index (χ1n) is 11.5. The second-order valence-electron chi connectivity index (χ2n) is 8.76. The zero-order chi connectivity index (χ0) is 23.8. The number of hydrogen-bond donors (Lipinski definition) is 0. The molecule has 0 aliphatic carbocycles. The minimum Gasteiger partial charge on any atom is -0.476 e. The average molecular weight is 447 g/mol. The van der Waals surface area contributed by atoms with Crippen molar-refractivity contribution in [2.45, 2.75) is 45.6 Å². The highest BCUT2D eigenvalue weighted by Crippen LogP contribution is 2.32. The Morgan fingerprint density at radius 2 is 1.70 bits per heavy atom. The number of ether oxygens (including phenoxy) is 2. The van der Waals surface area contributed by atoms with Crippen LogP contribution >= 0.6 is 0 Å². The molecule has 0 saturated heterocycles. The molecule has 0 amide bonds. The van der Waals surface area contributed by atoms with Gasteiger partial charge in [-0.1, -0.05) is 36.4 Å². The number of aliphatic imine (C=N–C) groups is 1. The van der Waals surface area contributed by atoms with E-state index in [9.17, 15) is 4.79 Å². The van der Waals surface area contributed by atoms with Gasteiger partial charge < -0.3 is 14.4 Å². The van der Waals surface area contributed by atoms with Gasteiger partial charge in [0.2, 0.25) is 0 Å². The number of nitrogens with zero attached hydrogens (tertiary/aromatic N) is 2. The lowest BCUT2D eigenvalue weighted by Gasteiger charge is -2.24. The van der Waals surface area contributed by atoms with Gasteiger partial charge in [0.05, 0.1) is 18.0 Å². The molecule has 0 heterocycles. The molecule has 0 aliphatic rings. The number of carbonyl (C=O) groups is 1. The average Bonchev–Trinajstić information content (AvgIpc) is 2.79. The van der Waals surface area contributed by atoms with Crippen LogP contribution < -0.4 is 9.64 Å². The Kier molecular flexibility index (Phi) is 8.10. The van der Waals surface area contributed by atoms with E-state index >= 15 is 0 Å². The van der Waals surface area contributed by atoms with Gasteiger partial charge in [-0.25, -0.2) is 4.79 Å². The number of rotatable bonds is 10. The molecule has 33 heavy (non-hydrogen) atoms. The van der Waals surface area contributed by atoms with Gasteiger partial charge in [0, 0.05) is 20.3 Å². The van der Waals surface area contributed by atoms with Crippen LogP contribution in [0.2, 0.25) is 0 Å². The van der Waals surface area contributed by atoms with Gasteiger partial charge in [-0.3, -0.25) is 4.99 Å². The van der Waals surface area contributed by atoms with Crippen LogP contribution in [0.15, 0.2) is 65.7 Å². The summed E-state index contributed by atoms with van der Waals surface area (Å²) >= 11 is 0. The van der Waals surface area contributed by atoms with E-state index in [1.54, 1.807) is 20.8 Å². The van der Waals surface area contributed by atoms with E-state index in [1.807, 2.05) is 44.6 Å². The van der Waals surface area contributed by atoms with Crippen LogP contribution in [-0.4, -0.2) is 38.5 Å². The number of anilines is 1. The van der Waals surface area contributed by atoms with Gasteiger partial charge >= 0.3 is 5.97 Å². The van der Waals surface area contributed by atoms with E-state index in [4.69, 9.17) is 14.5 Å². The number of hydrogen-bond acceptors (Lipinski definition) is 5. The number of benzene rings is 3. The van der Waals surface area contributed by atoms with Crippen LogP contribution in [0, 0.1) is 0 Å². The first kappa shape index (κ1) is 24.3. The number of aryl methyl sites for hydroxylation is 1. The van der Waals surface area contributed by atoms with Crippen molar-refractivity contribution in [3.05, 3.63) is 66.2 Å². The third-order valence-electron chi connectivity index (χ3n) is 5.42. The lowest BCUT2D eigenvalue weighted by Crippen LogP contribution is -2.39. The van der Waals surface area contributed by atoms with Gasteiger partial charge in [-0.05, 0) is 80.6 Å². The number of unbranched alkanes of at least 4 members (excludes halogenated alkanes) is 1. The van der Waals surface area contributed by atoms with Gasteiger partial charge in [0.1, 0.15) is 5.75 Å². The molecule has 0 spiro atoms. The molecule has 0 radical (unpaired) electrons. The number of carbonyl (C=O) groups excluding carboxylic acids is 1. The topological polar surface area (TPSA) is 51.1 Å². The number of fused-ring (bicyclic) bond motifs is 1. The van der Waals surface area contributed by atoms with Crippen LogP contribution in [0.25, 0.3) is 10.8 Å². The fraction of sp³-hybridized carbons (Fsp3) is 0.357. The standard InChI is InChI=1S/C28H34N2O3/c1-6-32-27(31)28(2,3)33-24-16-14-21(15-17-24)11-9-10-18-29-25-19-22-12-7-8-13-23(22)20-26(25)30(4)5/h7-8,12-20H,6,9-11H2,1-5H3. The molecule has 174 valence electrons. The zero-order valence-electron chi connectivity index (χ0n) is 20.3. The summed E-state index contributed by atoms with van der Waals surface area (Å²) in [5.74, 6) is 0.295. The van der Waals surface area contributed by atoms with Crippen LogP contribution in [0.4, 0.5) is 11.4 Å².